The second-order valence-electron chi connectivity index (χ2n) is 7.43. The van der Waals surface area contributed by atoms with Crippen molar-refractivity contribution in [3.8, 4) is 33.0 Å². The minimum atomic E-state index is -0.968. The van der Waals surface area contributed by atoms with Crippen LogP contribution in [0, 0.1) is 0 Å². The Kier molecular flexibility index (Phi) is 5.54. The number of aromatic nitrogens is 1. The van der Waals surface area contributed by atoms with Gasteiger partial charge in [-0.1, -0.05) is 66.2 Å². The van der Waals surface area contributed by atoms with E-state index in [1.165, 1.54) is 11.3 Å². The Morgan fingerprint density at radius 3 is 2.36 bits per heavy atom. The van der Waals surface area contributed by atoms with Crippen molar-refractivity contribution < 1.29 is 14.3 Å². The fourth-order valence-corrected chi connectivity index (χ4v) is 4.90. The summed E-state index contributed by atoms with van der Waals surface area (Å²) in [6, 6.07) is 24.4. The monoisotopic (exact) mass is 473 g/mol. The summed E-state index contributed by atoms with van der Waals surface area (Å²) in [4.78, 5) is 29.4. The highest BCUT2D eigenvalue weighted by Crippen LogP contribution is 2.35. The van der Waals surface area contributed by atoms with Gasteiger partial charge in [0.1, 0.15) is 10.6 Å². The predicted octanol–water partition coefficient (Wildman–Crippen LogP) is 6.53. The van der Waals surface area contributed by atoms with Crippen molar-refractivity contribution in [2.45, 2.75) is 6.42 Å². The molecule has 7 heteroatoms. The fourth-order valence-electron chi connectivity index (χ4n) is 3.64. The van der Waals surface area contributed by atoms with Crippen LogP contribution in [-0.4, -0.2) is 16.1 Å². The molecule has 0 spiro atoms. The number of benzene rings is 3. The van der Waals surface area contributed by atoms with Gasteiger partial charge in [0.15, 0.2) is 0 Å². The summed E-state index contributed by atoms with van der Waals surface area (Å²) in [5.74, 6) is -0.968. The number of hydrogen-bond donors (Lipinski definition) is 1. The van der Waals surface area contributed by atoms with Gasteiger partial charge in [0, 0.05) is 20.8 Å². The van der Waals surface area contributed by atoms with Crippen LogP contribution in [0.25, 0.3) is 43.9 Å². The van der Waals surface area contributed by atoms with Crippen LogP contribution in [0.5, 0.6) is 0 Å². The third kappa shape index (κ3) is 4.31. The minimum absolute atomic E-state index is 0.196. The van der Waals surface area contributed by atoms with E-state index in [0.29, 0.717) is 31.6 Å². The highest BCUT2D eigenvalue weighted by atomic mass is 35.5. The molecule has 2 heterocycles. The second kappa shape index (κ2) is 8.65. The molecule has 0 fully saturated rings. The SMILES string of the molecule is O=C(O)Cc1sc(-c2cc3cc(Cl)ccc3oc2=O)nc1-c1ccc(-c2ccccc2)cc1. The summed E-state index contributed by atoms with van der Waals surface area (Å²) in [5.41, 5.74) is 3.61. The summed E-state index contributed by atoms with van der Waals surface area (Å²) in [6.45, 7) is 0. The average Bonchev–Trinajstić information content (AvgIpc) is 3.22. The number of aliphatic carboxylic acids is 1. The fraction of sp³-hybridized carbons (Fsp3) is 0.0385. The Morgan fingerprint density at radius 2 is 1.64 bits per heavy atom. The highest BCUT2D eigenvalue weighted by Gasteiger charge is 2.19. The highest BCUT2D eigenvalue weighted by molar-refractivity contribution is 7.15. The topological polar surface area (TPSA) is 80.4 Å². The Bertz CT molecular complexity index is 1540. The first-order valence-corrected chi connectivity index (χ1v) is 11.3. The van der Waals surface area contributed by atoms with Gasteiger partial charge in [-0.15, -0.1) is 11.3 Å². The molecule has 5 rings (SSSR count). The van der Waals surface area contributed by atoms with E-state index >= 15 is 0 Å². The third-order valence-electron chi connectivity index (χ3n) is 5.20. The van der Waals surface area contributed by atoms with Crippen LogP contribution in [0.2, 0.25) is 5.02 Å². The summed E-state index contributed by atoms with van der Waals surface area (Å²) in [6.07, 6.45) is -0.196. The van der Waals surface area contributed by atoms with Crippen molar-refractivity contribution in [2.75, 3.05) is 0 Å². The lowest BCUT2D eigenvalue weighted by molar-refractivity contribution is -0.136. The molecule has 0 atom stereocenters. The van der Waals surface area contributed by atoms with E-state index in [1.807, 2.05) is 54.6 Å². The van der Waals surface area contributed by atoms with Crippen LogP contribution in [-0.2, 0) is 11.2 Å². The first kappa shape index (κ1) is 21.1. The molecule has 162 valence electrons. The van der Waals surface area contributed by atoms with Gasteiger partial charge >= 0.3 is 11.6 Å². The zero-order valence-electron chi connectivity index (χ0n) is 17.1. The second-order valence-corrected chi connectivity index (χ2v) is 8.95. The molecule has 5 nitrogen and oxygen atoms in total. The molecule has 1 N–H and O–H groups in total. The Labute approximate surface area is 197 Å². The van der Waals surface area contributed by atoms with Crippen LogP contribution >= 0.6 is 22.9 Å². The van der Waals surface area contributed by atoms with E-state index in [4.69, 9.17) is 16.0 Å². The Morgan fingerprint density at radius 1 is 0.939 bits per heavy atom. The van der Waals surface area contributed by atoms with E-state index in [0.717, 1.165) is 16.7 Å². The van der Waals surface area contributed by atoms with E-state index in [1.54, 1.807) is 24.3 Å². The average molecular weight is 474 g/mol. The standard InChI is InChI=1S/C26H16ClNO4S/c27-19-10-11-21-18(12-19)13-20(26(31)32-21)25-28-24(22(33-25)14-23(29)30)17-8-6-16(7-9-17)15-4-2-1-3-5-15/h1-13H,14H2,(H,29,30). The summed E-state index contributed by atoms with van der Waals surface area (Å²) in [7, 11) is 0. The number of thiazole rings is 1. The number of carboxylic acids is 1. The molecule has 0 aliphatic heterocycles. The number of nitrogens with zero attached hydrogens (tertiary/aromatic N) is 1. The van der Waals surface area contributed by atoms with Crippen LogP contribution < -0.4 is 5.63 Å². The molecule has 5 aromatic rings. The van der Waals surface area contributed by atoms with Gasteiger partial charge in [-0.05, 0) is 35.4 Å². The molecular weight excluding hydrogens is 458 g/mol. The number of carbonyl (C=O) groups is 1. The van der Waals surface area contributed by atoms with Gasteiger partial charge in [-0.3, -0.25) is 4.79 Å². The minimum Gasteiger partial charge on any atom is -0.481 e. The van der Waals surface area contributed by atoms with E-state index in [-0.39, 0.29) is 12.0 Å². The molecule has 2 aromatic heterocycles. The normalized spacial score (nSPS) is 11.1. The van der Waals surface area contributed by atoms with Crippen molar-refractivity contribution in [2.24, 2.45) is 0 Å². The molecule has 0 amide bonds. The molecule has 0 saturated carbocycles. The lowest BCUT2D eigenvalue weighted by Crippen LogP contribution is -2.02. The van der Waals surface area contributed by atoms with Gasteiger partial charge in [0.25, 0.3) is 0 Å². The molecule has 0 radical (unpaired) electrons. The molecule has 33 heavy (non-hydrogen) atoms. The number of carboxylic acid groups (broad SMARTS) is 1. The number of hydrogen-bond acceptors (Lipinski definition) is 5. The van der Waals surface area contributed by atoms with Crippen molar-refractivity contribution in [1.82, 2.24) is 4.98 Å². The van der Waals surface area contributed by atoms with Crippen LogP contribution in [0.3, 0.4) is 0 Å². The molecule has 0 saturated heterocycles. The first-order chi connectivity index (χ1) is 16.0. The lowest BCUT2D eigenvalue weighted by atomic mass is 10.0. The van der Waals surface area contributed by atoms with Gasteiger partial charge in [0.2, 0.25) is 0 Å². The molecule has 0 unspecified atom stereocenters. The van der Waals surface area contributed by atoms with Crippen molar-refractivity contribution >= 4 is 39.9 Å². The van der Waals surface area contributed by atoms with Crippen molar-refractivity contribution in [3.63, 3.8) is 0 Å². The Balaban J connectivity index is 1.60. The number of rotatable bonds is 5. The van der Waals surface area contributed by atoms with Crippen LogP contribution in [0.15, 0.2) is 88.1 Å². The summed E-state index contributed by atoms with van der Waals surface area (Å²) < 4.78 is 5.44. The van der Waals surface area contributed by atoms with Gasteiger partial charge in [-0.2, -0.15) is 0 Å². The summed E-state index contributed by atoms with van der Waals surface area (Å²) >= 11 is 7.26. The maximum absolute atomic E-state index is 12.7. The largest absolute Gasteiger partial charge is 0.481 e. The van der Waals surface area contributed by atoms with Crippen molar-refractivity contribution in [3.05, 3.63) is 99.2 Å². The third-order valence-corrected chi connectivity index (χ3v) is 6.52. The molecule has 3 aromatic carbocycles. The number of halogens is 1. The zero-order valence-corrected chi connectivity index (χ0v) is 18.7. The molecular formula is C26H16ClNO4S. The van der Waals surface area contributed by atoms with Gasteiger partial charge < -0.3 is 9.52 Å². The maximum Gasteiger partial charge on any atom is 0.346 e. The predicted molar refractivity (Wildman–Crippen MR) is 131 cm³/mol. The first-order valence-electron chi connectivity index (χ1n) is 10.1. The zero-order chi connectivity index (χ0) is 22.9. The number of fused-ring (bicyclic) bond motifs is 1. The molecule has 0 aliphatic rings. The van der Waals surface area contributed by atoms with E-state index in [2.05, 4.69) is 4.98 Å². The summed E-state index contributed by atoms with van der Waals surface area (Å²) in [5, 5.41) is 11.0. The lowest BCUT2D eigenvalue weighted by Gasteiger charge is -2.04. The Hall–Kier alpha value is -3.74. The van der Waals surface area contributed by atoms with Crippen LogP contribution in [0.4, 0.5) is 0 Å². The van der Waals surface area contributed by atoms with E-state index in [9.17, 15) is 14.7 Å². The smallest absolute Gasteiger partial charge is 0.346 e. The maximum atomic E-state index is 12.7. The van der Waals surface area contributed by atoms with Gasteiger partial charge in [0.05, 0.1) is 17.7 Å². The van der Waals surface area contributed by atoms with E-state index < -0.39 is 11.6 Å². The molecule has 0 aliphatic carbocycles. The quantitative estimate of drug-likeness (QED) is 0.293. The molecule has 0 bridgehead atoms. The van der Waals surface area contributed by atoms with Crippen molar-refractivity contribution in [1.29, 1.82) is 0 Å². The van der Waals surface area contributed by atoms with Gasteiger partial charge in [-0.25, -0.2) is 9.78 Å². The van der Waals surface area contributed by atoms with Crippen LogP contribution in [0.1, 0.15) is 4.88 Å².